The van der Waals surface area contributed by atoms with Crippen LogP contribution < -0.4 is 0 Å². The smallest absolute Gasteiger partial charge is 0.173 e. The summed E-state index contributed by atoms with van der Waals surface area (Å²) in [6, 6.07) is 0. The van der Waals surface area contributed by atoms with Gasteiger partial charge in [0, 0.05) is 0 Å². The molecule has 0 spiro atoms. The Labute approximate surface area is 73.8 Å². The fourth-order valence-corrected chi connectivity index (χ4v) is 0.775. The summed E-state index contributed by atoms with van der Waals surface area (Å²) in [6.07, 6.45) is 8.59. The zero-order valence-electron chi connectivity index (χ0n) is 7.79. The van der Waals surface area contributed by atoms with E-state index in [1.807, 2.05) is 45.1 Å². The molecule has 0 aliphatic heterocycles. The lowest BCUT2D eigenvalue weighted by Crippen LogP contribution is -1.90. The molecular formula is C10H15NO. The highest BCUT2D eigenvalue weighted by atomic mass is 16.5. The van der Waals surface area contributed by atoms with Crippen LogP contribution in [0.25, 0.3) is 0 Å². The first kappa shape index (κ1) is 10.7. The van der Waals surface area contributed by atoms with Gasteiger partial charge in [-0.2, -0.15) is 0 Å². The van der Waals surface area contributed by atoms with Gasteiger partial charge in [0.2, 0.25) is 0 Å². The second-order valence-corrected chi connectivity index (χ2v) is 2.26. The summed E-state index contributed by atoms with van der Waals surface area (Å²) in [7, 11) is 0. The standard InChI is InChI=1S/C10H15NO/c1-4-6-7-9(3)10(5-2)12-8-11/h4-8,11H,1-3H3. The molecule has 0 atom stereocenters. The zero-order valence-corrected chi connectivity index (χ0v) is 7.79. The summed E-state index contributed by atoms with van der Waals surface area (Å²) >= 11 is 0. The van der Waals surface area contributed by atoms with Crippen molar-refractivity contribution >= 4 is 6.40 Å². The molecule has 1 N–H and O–H groups in total. The summed E-state index contributed by atoms with van der Waals surface area (Å²) in [4.78, 5) is 0. The molecule has 0 fully saturated rings. The monoisotopic (exact) mass is 165 g/mol. The molecule has 0 saturated carbocycles. The molecular weight excluding hydrogens is 150 g/mol. The highest BCUT2D eigenvalue weighted by Gasteiger charge is 1.95. The van der Waals surface area contributed by atoms with Crippen molar-refractivity contribution in [2.45, 2.75) is 20.8 Å². The van der Waals surface area contributed by atoms with Crippen LogP contribution in [-0.2, 0) is 4.74 Å². The third kappa shape index (κ3) is 3.76. The van der Waals surface area contributed by atoms with E-state index in [9.17, 15) is 0 Å². The lowest BCUT2D eigenvalue weighted by atomic mass is 10.2. The van der Waals surface area contributed by atoms with E-state index >= 15 is 0 Å². The Kier molecular flexibility index (Phi) is 5.70. The number of hydrogen-bond acceptors (Lipinski definition) is 2. The molecule has 0 radical (unpaired) electrons. The summed E-state index contributed by atoms with van der Waals surface area (Å²) in [5, 5.41) is 6.77. The number of ether oxygens (including phenoxy) is 1. The molecule has 66 valence electrons. The topological polar surface area (TPSA) is 33.1 Å². The first-order chi connectivity index (χ1) is 5.76. The molecule has 12 heavy (non-hydrogen) atoms. The maximum Gasteiger partial charge on any atom is 0.173 e. The van der Waals surface area contributed by atoms with Gasteiger partial charge in [-0.05, 0) is 32.4 Å². The van der Waals surface area contributed by atoms with Crippen molar-refractivity contribution in [1.29, 1.82) is 5.41 Å². The van der Waals surface area contributed by atoms with Crippen LogP contribution in [0.3, 0.4) is 0 Å². The minimum absolute atomic E-state index is 0.725. The van der Waals surface area contributed by atoms with Crippen molar-refractivity contribution in [1.82, 2.24) is 0 Å². The third-order valence-corrected chi connectivity index (χ3v) is 1.38. The first-order valence-corrected chi connectivity index (χ1v) is 3.88. The van der Waals surface area contributed by atoms with Gasteiger partial charge in [-0.3, -0.25) is 5.41 Å². The number of hydrogen-bond donors (Lipinski definition) is 1. The van der Waals surface area contributed by atoms with Crippen molar-refractivity contribution in [3.63, 3.8) is 0 Å². The van der Waals surface area contributed by atoms with Crippen molar-refractivity contribution in [2.75, 3.05) is 0 Å². The Morgan fingerprint density at radius 1 is 1.33 bits per heavy atom. The largest absolute Gasteiger partial charge is 0.446 e. The molecule has 0 aromatic carbocycles. The van der Waals surface area contributed by atoms with Crippen LogP contribution in [0.15, 0.2) is 35.6 Å². The molecule has 2 heteroatoms. The van der Waals surface area contributed by atoms with Crippen LogP contribution >= 0.6 is 0 Å². The normalized spacial score (nSPS) is 13.6. The Morgan fingerprint density at radius 2 is 2.00 bits per heavy atom. The van der Waals surface area contributed by atoms with Gasteiger partial charge in [0.15, 0.2) is 6.40 Å². The zero-order chi connectivity index (χ0) is 9.40. The lowest BCUT2D eigenvalue weighted by Gasteiger charge is -2.03. The van der Waals surface area contributed by atoms with E-state index < -0.39 is 0 Å². The SMILES string of the molecule is CC=CC=C(C)C(=CC)OC=N. The molecule has 0 amide bonds. The van der Waals surface area contributed by atoms with Crippen LogP contribution in [-0.4, -0.2) is 6.40 Å². The summed E-state index contributed by atoms with van der Waals surface area (Å²) in [6.45, 7) is 5.78. The van der Waals surface area contributed by atoms with E-state index in [0.717, 1.165) is 17.7 Å². The van der Waals surface area contributed by atoms with E-state index in [1.54, 1.807) is 0 Å². The highest BCUT2D eigenvalue weighted by molar-refractivity contribution is 5.46. The van der Waals surface area contributed by atoms with Gasteiger partial charge >= 0.3 is 0 Å². The minimum atomic E-state index is 0.725. The first-order valence-electron chi connectivity index (χ1n) is 3.88. The van der Waals surface area contributed by atoms with Crippen LogP contribution in [0.4, 0.5) is 0 Å². The molecule has 0 heterocycles. The van der Waals surface area contributed by atoms with Gasteiger partial charge in [-0.25, -0.2) is 0 Å². The van der Waals surface area contributed by atoms with E-state index in [-0.39, 0.29) is 0 Å². The van der Waals surface area contributed by atoms with E-state index in [0.29, 0.717) is 0 Å². The van der Waals surface area contributed by atoms with Crippen LogP contribution in [0.2, 0.25) is 0 Å². The molecule has 0 bridgehead atoms. The average Bonchev–Trinajstić information content (AvgIpc) is 2.10. The quantitative estimate of drug-likeness (QED) is 0.295. The van der Waals surface area contributed by atoms with E-state index in [1.165, 1.54) is 0 Å². The van der Waals surface area contributed by atoms with Crippen LogP contribution in [0.5, 0.6) is 0 Å². The molecule has 0 aliphatic rings. The lowest BCUT2D eigenvalue weighted by molar-refractivity contribution is 0.441. The average molecular weight is 165 g/mol. The Morgan fingerprint density at radius 3 is 2.42 bits per heavy atom. The fourth-order valence-electron chi connectivity index (χ4n) is 0.775. The molecule has 0 unspecified atom stereocenters. The van der Waals surface area contributed by atoms with Crippen molar-refractivity contribution in [3.05, 3.63) is 35.6 Å². The number of allylic oxidation sites excluding steroid dienone is 5. The second-order valence-electron chi connectivity index (χ2n) is 2.26. The minimum Gasteiger partial charge on any atom is -0.446 e. The maximum absolute atomic E-state index is 6.77. The fraction of sp³-hybridized carbons (Fsp3) is 0.300. The Balaban J connectivity index is 4.41. The second kappa shape index (κ2) is 6.40. The summed E-state index contributed by atoms with van der Waals surface area (Å²) < 4.78 is 4.95. The van der Waals surface area contributed by atoms with Crippen LogP contribution in [0.1, 0.15) is 20.8 Å². The van der Waals surface area contributed by atoms with E-state index in [2.05, 4.69) is 0 Å². The van der Waals surface area contributed by atoms with Gasteiger partial charge in [0.25, 0.3) is 0 Å². The highest BCUT2D eigenvalue weighted by Crippen LogP contribution is 2.09. The molecule has 0 rings (SSSR count). The molecule has 0 aromatic rings. The molecule has 0 saturated heterocycles. The number of nitrogens with one attached hydrogen (secondary N) is 1. The molecule has 0 aromatic heterocycles. The number of rotatable bonds is 4. The molecule has 2 nitrogen and oxygen atoms in total. The van der Waals surface area contributed by atoms with Crippen molar-refractivity contribution in [3.8, 4) is 0 Å². The van der Waals surface area contributed by atoms with Gasteiger partial charge < -0.3 is 4.74 Å². The summed E-state index contributed by atoms with van der Waals surface area (Å²) in [5.74, 6) is 0.725. The predicted molar refractivity (Wildman–Crippen MR) is 52.2 cm³/mol. The Bertz CT molecular complexity index is 224. The third-order valence-electron chi connectivity index (χ3n) is 1.38. The van der Waals surface area contributed by atoms with E-state index in [4.69, 9.17) is 10.1 Å². The van der Waals surface area contributed by atoms with Crippen molar-refractivity contribution < 1.29 is 4.74 Å². The summed E-state index contributed by atoms with van der Waals surface area (Å²) in [5.41, 5.74) is 1.01. The van der Waals surface area contributed by atoms with Crippen LogP contribution in [0, 0.1) is 5.41 Å². The molecule has 0 aliphatic carbocycles. The van der Waals surface area contributed by atoms with Gasteiger partial charge in [0.1, 0.15) is 5.76 Å². The van der Waals surface area contributed by atoms with Gasteiger partial charge in [0.05, 0.1) is 0 Å². The predicted octanol–water partition coefficient (Wildman–Crippen LogP) is 3.04. The van der Waals surface area contributed by atoms with Gasteiger partial charge in [-0.1, -0.05) is 18.2 Å². The van der Waals surface area contributed by atoms with Gasteiger partial charge in [-0.15, -0.1) is 0 Å². The Hall–Kier alpha value is -1.31. The van der Waals surface area contributed by atoms with Crippen molar-refractivity contribution in [2.24, 2.45) is 0 Å². The maximum atomic E-state index is 6.77.